The Morgan fingerprint density at radius 2 is 2.21 bits per heavy atom. The summed E-state index contributed by atoms with van der Waals surface area (Å²) >= 11 is 0. The molecule has 19 heavy (non-hydrogen) atoms. The number of alkyl halides is 2. The van der Waals surface area contributed by atoms with E-state index in [-0.39, 0.29) is 5.56 Å². The van der Waals surface area contributed by atoms with Crippen LogP contribution in [0.3, 0.4) is 0 Å². The third-order valence-corrected chi connectivity index (χ3v) is 3.40. The van der Waals surface area contributed by atoms with Gasteiger partial charge in [-0.05, 0) is 43.5 Å². The normalized spacial score (nSPS) is 14.3. The van der Waals surface area contributed by atoms with Gasteiger partial charge in [-0.3, -0.25) is 0 Å². The molecule has 1 aliphatic rings. The summed E-state index contributed by atoms with van der Waals surface area (Å²) in [5.74, 6) is 0. The number of aromatic nitrogens is 2. The Morgan fingerprint density at radius 3 is 2.89 bits per heavy atom. The van der Waals surface area contributed by atoms with Crippen molar-refractivity contribution in [2.24, 2.45) is 0 Å². The zero-order valence-electron chi connectivity index (χ0n) is 10.7. The fourth-order valence-corrected chi connectivity index (χ4v) is 2.44. The molecule has 5 heteroatoms. The first-order chi connectivity index (χ1) is 9.15. The summed E-state index contributed by atoms with van der Waals surface area (Å²) in [6.07, 6.45) is 1.16. The Kier molecular flexibility index (Phi) is 2.97. The number of benzene rings is 1. The lowest BCUT2D eigenvalue weighted by Crippen LogP contribution is -2.14. The molecule has 0 saturated carbocycles. The molecule has 0 amide bonds. The van der Waals surface area contributed by atoms with E-state index in [4.69, 9.17) is 0 Å². The molecule has 3 rings (SSSR count). The molecule has 0 aliphatic carbocycles. The number of anilines is 1. The summed E-state index contributed by atoms with van der Waals surface area (Å²) in [6.45, 7) is 2.69. The third kappa shape index (κ3) is 2.20. The van der Waals surface area contributed by atoms with Crippen LogP contribution >= 0.6 is 0 Å². The average molecular weight is 263 g/mol. The number of halogens is 2. The molecule has 1 aromatic carbocycles. The van der Waals surface area contributed by atoms with Gasteiger partial charge in [0.2, 0.25) is 0 Å². The maximum atomic E-state index is 13.2. The zero-order valence-corrected chi connectivity index (χ0v) is 10.7. The molecular weight excluding hydrogens is 248 g/mol. The molecular formula is C14H15F2N3. The van der Waals surface area contributed by atoms with E-state index in [1.807, 2.05) is 19.1 Å². The highest BCUT2D eigenvalue weighted by molar-refractivity contribution is 5.61. The lowest BCUT2D eigenvalue weighted by Gasteiger charge is -2.21. The molecule has 0 bridgehead atoms. The van der Waals surface area contributed by atoms with Gasteiger partial charge in [-0.1, -0.05) is 0 Å². The second kappa shape index (κ2) is 4.64. The second-order valence-corrected chi connectivity index (χ2v) is 4.80. The van der Waals surface area contributed by atoms with Crippen molar-refractivity contribution < 1.29 is 8.78 Å². The number of hydrogen-bond donors (Lipinski definition) is 1. The van der Waals surface area contributed by atoms with Gasteiger partial charge in [0.25, 0.3) is 6.43 Å². The van der Waals surface area contributed by atoms with Crippen molar-refractivity contribution in [3.8, 4) is 5.69 Å². The monoisotopic (exact) mass is 263 g/mol. The van der Waals surface area contributed by atoms with Gasteiger partial charge in [-0.15, -0.1) is 0 Å². The van der Waals surface area contributed by atoms with Crippen molar-refractivity contribution in [1.82, 2.24) is 9.78 Å². The van der Waals surface area contributed by atoms with Crippen LogP contribution in [0.15, 0.2) is 24.4 Å². The average Bonchev–Trinajstić information content (AvgIpc) is 2.83. The predicted molar refractivity (Wildman–Crippen MR) is 70.1 cm³/mol. The molecule has 1 aliphatic heterocycles. The zero-order chi connectivity index (χ0) is 13.4. The number of fused-ring (bicyclic) bond motifs is 1. The van der Waals surface area contributed by atoms with E-state index in [1.54, 1.807) is 12.3 Å². The summed E-state index contributed by atoms with van der Waals surface area (Å²) in [7, 11) is 0. The van der Waals surface area contributed by atoms with Crippen LogP contribution in [-0.2, 0) is 6.42 Å². The highest BCUT2D eigenvalue weighted by Crippen LogP contribution is 2.33. The number of nitrogens with one attached hydrogen (secondary N) is 1. The summed E-state index contributed by atoms with van der Waals surface area (Å²) in [5, 5.41) is 7.41. The minimum Gasteiger partial charge on any atom is -0.385 e. The van der Waals surface area contributed by atoms with Crippen molar-refractivity contribution in [2.75, 3.05) is 11.9 Å². The van der Waals surface area contributed by atoms with Crippen LogP contribution in [0.4, 0.5) is 14.5 Å². The van der Waals surface area contributed by atoms with Crippen LogP contribution in [0.25, 0.3) is 5.69 Å². The van der Waals surface area contributed by atoms with Gasteiger partial charge in [-0.2, -0.15) is 5.10 Å². The van der Waals surface area contributed by atoms with Crippen molar-refractivity contribution in [2.45, 2.75) is 26.2 Å². The molecule has 1 N–H and O–H groups in total. The third-order valence-electron chi connectivity index (χ3n) is 3.40. The van der Waals surface area contributed by atoms with Gasteiger partial charge < -0.3 is 5.32 Å². The summed E-state index contributed by atoms with van der Waals surface area (Å²) in [5.41, 5.74) is 3.23. The molecule has 0 unspecified atom stereocenters. The van der Waals surface area contributed by atoms with Gasteiger partial charge in [0.05, 0.1) is 11.4 Å². The van der Waals surface area contributed by atoms with E-state index in [9.17, 15) is 8.78 Å². The van der Waals surface area contributed by atoms with Crippen LogP contribution in [0.1, 0.15) is 29.7 Å². The van der Waals surface area contributed by atoms with E-state index in [2.05, 4.69) is 10.4 Å². The number of nitrogens with zero attached hydrogens (tertiary/aromatic N) is 2. The highest BCUT2D eigenvalue weighted by atomic mass is 19.3. The lowest BCUT2D eigenvalue weighted by molar-refractivity contribution is 0.151. The SMILES string of the molecule is Cc1ccn(-c2cc3c(cc2C(F)F)NCCC3)n1. The maximum Gasteiger partial charge on any atom is 0.266 e. The first-order valence-electron chi connectivity index (χ1n) is 6.36. The van der Waals surface area contributed by atoms with E-state index in [1.165, 1.54) is 4.68 Å². The molecule has 100 valence electrons. The van der Waals surface area contributed by atoms with Crippen LogP contribution in [0.2, 0.25) is 0 Å². The maximum absolute atomic E-state index is 13.2. The molecule has 1 aromatic heterocycles. The second-order valence-electron chi connectivity index (χ2n) is 4.80. The molecule has 2 aromatic rings. The minimum absolute atomic E-state index is 0.0243. The quantitative estimate of drug-likeness (QED) is 0.899. The van der Waals surface area contributed by atoms with Crippen molar-refractivity contribution in [3.05, 3.63) is 41.2 Å². The number of rotatable bonds is 2. The Hall–Kier alpha value is -1.91. The molecule has 3 nitrogen and oxygen atoms in total. The van der Waals surface area contributed by atoms with Crippen LogP contribution in [0, 0.1) is 6.92 Å². The van der Waals surface area contributed by atoms with Crippen molar-refractivity contribution in [1.29, 1.82) is 0 Å². The van der Waals surface area contributed by atoms with Crippen molar-refractivity contribution in [3.63, 3.8) is 0 Å². The first-order valence-corrected chi connectivity index (χ1v) is 6.36. The van der Waals surface area contributed by atoms with E-state index in [0.717, 1.165) is 36.3 Å². The van der Waals surface area contributed by atoms with E-state index in [0.29, 0.717) is 5.69 Å². The standard InChI is InChI=1S/C14H15F2N3/c1-9-4-6-19(18-9)13-7-10-3-2-5-17-12(10)8-11(13)14(15)16/h4,6-8,14,17H,2-3,5H2,1H3. The van der Waals surface area contributed by atoms with E-state index >= 15 is 0 Å². The van der Waals surface area contributed by atoms with Gasteiger partial charge in [0.1, 0.15) is 0 Å². The molecule has 0 atom stereocenters. The lowest BCUT2D eigenvalue weighted by atomic mass is 9.99. The molecule has 0 spiro atoms. The van der Waals surface area contributed by atoms with Crippen LogP contribution in [-0.4, -0.2) is 16.3 Å². The molecule has 2 heterocycles. The largest absolute Gasteiger partial charge is 0.385 e. The predicted octanol–water partition coefficient (Wildman–Crippen LogP) is 3.48. The van der Waals surface area contributed by atoms with Crippen molar-refractivity contribution >= 4 is 5.69 Å². The minimum atomic E-state index is -2.51. The molecule has 0 fully saturated rings. The smallest absolute Gasteiger partial charge is 0.266 e. The fraction of sp³-hybridized carbons (Fsp3) is 0.357. The number of aryl methyl sites for hydroxylation is 2. The Bertz CT molecular complexity index is 605. The van der Waals surface area contributed by atoms with Gasteiger partial charge in [0, 0.05) is 24.0 Å². The van der Waals surface area contributed by atoms with Gasteiger partial charge in [0.15, 0.2) is 0 Å². The summed E-state index contributed by atoms with van der Waals surface area (Å²) < 4.78 is 28.0. The first kappa shape index (κ1) is 12.1. The number of hydrogen-bond acceptors (Lipinski definition) is 2. The van der Waals surface area contributed by atoms with E-state index < -0.39 is 6.43 Å². The Balaban J connectivity index is 2.16. The van der Waals surface area contributed by atoms with Crippen LogP contribution < -0.4 is 5.32 Å². The van der Waals surface area contributed by atoms with Crippen LogP contribution in [0.5, 0.6) is 0 Å². The summed E-state index contributed by atoms with van der Waals surface area (Å²) in [4.78, 5) is 0. The summed E-state index contributed by atoms with van der Waals surface area (Å²) in [6, 6.07) is 5.20. The highest BCUT2D eigenvalue weighted by Gasteiger charge is 2.20. The topological polar surface area (TPSA) is 29.9 Å². The Morgan fingerprint density at radius 1 is 1.37 bits per heavy atom. The van der Waals surface area contributed by atoms with Gasteiger partial charge >= 0.3 is 0 Å². The Labute approximate surface area is 110 Å². The van der Waals surface area contributed by atoms with Gasteiger partial charge in [-0.25, -0.2) is 13.5 Å². The molecule has 0 radical (unpaired) electrons. The fourth-order valence-electron chi connectivity index (χ4n) is 2.44. The molecule has 0 saturated heterocycles.